The van der Waals surface area contributed by atoms with E-state index in [2.05, 4.69) is 26.7 Å². The summed E-state index contributed by atoms with van der Waals surface area (Å²) >= 11 is 0. The standard InChI is InChI=1S/C22H22FN5O2S/c23-16-2-1-3-17(8-16)31(29,30)22-19-7-13(6-14(19)11-28-22)10-26-20-15(9-24)12-27-21-18(20)4-5-25-21/h1-5,8,12-14,19,22,28H,6-7,10-11H2,(H2,25,26,27)/t13-,14+,19-,22-/m0/s1. The molecule has 0 unspecified atom stereocenters. The Morgan fingerprint density at radius 1 is 1.29 bits per heavy atom. The van der Waals surface area contributed by atoms with Crippen LogP contribution in [0.15, 0.2) is 47.6 Å². The van der Waals surface area contributed by atoms with Crippen molar-refractivity contribution in [3.05, 3.63) is 54.1 Å². The number of hydrogen-bond donors (Lipinski definition) is 3. The van der Waals surface area contributed by atoms with Crippen LogP contribution in [0.3, 0.4) is 0 Å². The molecule has 7 nitrogen and oxygen atoms in total. The second-order valence-electron chi connectivity index (χ2n) is 8.37. The number of nitriles is 1. The average Bonchev–Trinajstić information content (AvgIpc) is 3.47. The van der Waals surface area contributed by atoms with Crippen LogP contribution in [0, 0.1) is 34.9 Å². The third-order valence-corrected chi connectivity index (χ3v) is 8.65. The largest absolute Gasteiger partial charge is 0.383 e. The number of aromatic nitrogens is 2. The molecule has 1 aromatic carbocycles. The van der Waals surface area contributed by atoms with Gasteiger partial charge < -0.3 is 15.6 Å². The molecule has 1 saturated heterocycles. The van der Waals surface area contributed by atoms with Gasteiger partial charge in [-0.2, -0.15) is 5.26 Å². The molecule has 1 saturated carbocycles. The van der Waals surface area contributed by atoms with Gasteiger partial charge in [-0.05, 0) is 61.4 Å². The third kappa shape index (κ3) is 3.46. The van der Waals surface area contributed by atoms with Gasteiger partial charge in [0.15, 0.2) is 9.84 Å². The van der Waals surface area contributed by atoms with Crippen molar-refractivity contribution >= 4 is 26.6 Å². The highest BCUT2D eigenvalue weighted by Crippen LogP contribution is 2.44. The number of pyridine rings is 1. The molecule has 3 heterocycles. The molecule has 4 atom stereocenters. The normalized spacial score (nSPS) is 25.4. The Labute approximate surface area is 179 Å². The van der Waals surface area contributed by atoms with E-state index in [0.29, 0.717) is 18.7 Å². The summed E-state index contributed by atoms with van der Waals surface area (Å²) in [6.07, 6.45) is 5.00. The Bertz CT molecular complexity index is 1280. The topological polar surface area (TPSA) is 111 Å². The molecule has 160 valence electrons. The summed E-state index contributed by atoms with van der Waals surface area (Å²) in [6.45, 7) is 1.29. The van der Waals surface area contributed by atoms with Crippen LogP contribution >= 0.6 is 0 Å². The molecule has 5 rings (SSSR count). The van der Waals surface area contributed by atoms with Gasteiger partial charge in [-0.15, -0.1) is 0 Å². The minimum absolute atomic E-state index is 0.0137. The fourth-order valence-electron chi connectivity index (χ4n) is 5.13. The first kappa shape index (κ1) is 20.0. The molecule has 1 aliphatic heterocycles. The van der Waals surface area contributed by atoms with E-state index in [0.717, 1.165) is 35.6 Å². The van der Waals surface area contributed by atoms with E-state index < -0.39 is 21.0 Å². The van der Waals surface area contributed by atoms with Gasteiger partial charge in [-0.25, -0.2) is 17.8 Å². The van der Waals surface area contributed by atoms with Crippen LogP contribution in [0.2, 0.25) is 0 Å². The number of aromatic amines is 1. The lowest BCUT2D eigenvalue weighted by Crippen LogP contribution is -2.36. The Kier molecular flexibility index (Phi) is 4.91. The smallest absolute Gasteiger partial charge is 0.194 e. The van der Waals surface area contributed by atoms with Crippen LogP contribution in [-0.2, 0) is 9.84 Å². The Morgan fingerprint density at radius 3 is 2.97 bits per heavy atom. The molecule has 2 fully saturated rings. The summed E-state index contributed by atoms with van der Waals surface area (Å²) in [5, 5.41) is 16.2. The van der Waals surface area contributed by atoms with Crippen molar-refractivity contribution in [2.24, 2.45) is 17.8 Å². The SMILES string of the molecule is N#Cc1cnc2[nH]ccc2c1NC[C@H]1C[C@@H]2CN[C@@H](S(=O)(=O)c3cccc(F)c3)[C@H]2C1. The van der Waals surface area contributed by atoms with E-state index in [4.69, 9.17) is 0 Å². The third-order valence-electron chi connectivity index (χ3n) is 6.55. The highest BCUT2D eigenvalue weighted by molar-refractivity contribution is 7.92. The van der Waals surface area contributed by atoms with Gasteiger partial charge in [-0.3, -0.25) is 0 Å². The maximum absolute atomic E-state index is 13.6. The number of benzene rings is 1. The lowest BCUT2D eigenvalue weighted by Gasteiger charge is -2.20. The zero-order chi connectivity index (χ0) is 21.6. The van der Waals surface area contributed by atoms with E-state index in [1.807, 2.05) is 6.07 Å². The van der Waals surface area contributed by atoms with E-state index in [9.17, 15) is 18.1 Å². The number of rotatable bonds is 5. The minimum Gasteiger partial charge on any atom is -0.383 e. The fourth-order valence-corrected chi connectivity index (χ4v) is 7.08. The highest BCUT2D eigenvalue weighted by Gasteiger charge is 2.48. The molecule has 2 aliphatic rings. The summed E-state index contributed by atoms with van der Waals surface area (Å²) in [5.74, 6) is -0.0117. The predicted molar refractivity (Wildman–Crippen MR) is 114 cm³/mol. The molecule has 0 radical (unpaired) electrons. The van der Waals surface area contributed by atoms with Crippen LogP contribution in [-0.4, -0.2) is 36.8 Å². The number of fused-ring (bicyclic) bond motifs is 2. The van der Waals surface area contributed by atoms with Gasteiger partial charge in [0.2, 0.25) is 0 Å². The summed E-state index contributed by atoms with van der Waals surface area (Å²) in [7, 11) is -3.66. The highest BCUT2D eigenvalue weighted by atomic mass is 32.2. The van der Waals surface area contributed by atoms with Crippen molar-refractivity contribution in [1.29, 1.82) is 5.26 Å². The lowest BCUT2D eigenvalue weighted by atomic mass is 10.0. The molecule has 3 aromatic rings. The van der Waals surface area contributed by atoms with Crippen LogP contribution in [0.1, 0.15) is 18.4 Å². The van der Waals surface area contributed by atoms with Crippen molar-refractivity contribution in [2.75, 3.05) is 18.4 Å². The molecule has 3 N–H and O–H groups in total. The van der Waals surface area contributed by atoms with Crippen LogP contribution in [0.4, 0.5) is 10.1 Å². The first-order valence-electron chi connectivity index (χ1n) is 10.3. The summed E-state index contributed by atoms with van der Waals surface area (Å²) < 4.78 is 39.9. The number of H-pyrrole nitrogens is 1. The van der Waals surface area contributed by atoms with Gasteiger partial charge >= 0.3 is 0 Å². The number of halogens is 1. The van der Waals surface area contributed by atoms with Crippen LogP contribution in [0.25, 0.3) is 11.0 Å². The summed E-state index contributed by atoms with van der Waals surface area (Å²) in [4.78, 5) is 7.33. The van der Waals surface area contributed by atoms with Gasteiger partial charge in [0.25, 0.3) is 0 Å². The fraction of sp³-hybridized carbons (Fsp3) is 0.364. The molecule has 1 aliphatic carbocycles. The second kappa shape index (κ2) is 7.62. The quantitative estimate of drug-likeness (QED) is 0.564. The Balaban J connectivity index is 1.32. The van der Waals surface area contributed by atoms with Gasteiger partial charge in [0.05, 0.1) is 16.1 Å². The first-order valence-corrected chi connectivity index (χ1v) is 11.8. The van der Waals surface area contributed by atoms with Gasteiger partial charge in [0, 0.05) is 24.3 Å². The van der Waals surface area contributed by atoms with E-state index in [-0.39, 0.29) is 22.6 Å². The van der Waals surface area contributed by atoms with Crippen molar-refractivity contribution in [1.82, 2.24) is 15.3 Å². The van der Waals surface area contributed by atoms with Crippen molar-refractivity contribution in [3.63, 3.8) is 0 Å². The molecule has 9 heteroatoms. The minimum atomic E-state index is -3.66. The zero-order valence-corrected chi connectivity index (χ0v) is 17.5. The number of sulfone groups is 1. The molecule has 0 amide bonds. The maximum atomic E-state index is 13.6. The van der Waals surface area contributed by atoms with Crippen molar-refractivity contribution in [3.8, 4) is 6.07 Å². The average molecular weight is 440 g/mol. The number of nitrogens with zero attached hydrogens (tertiary/aromatic N) is 2. The molecule has 0 spiro atoms. The Hall–Kier alpha value is -2.96. The zero-order valence-electron chi connectivity index (χ0n) is 16.7. The van der Waals surface area contributed by atoms with E-state index >= 15 is 0 Å². The number of nitrogens with one attached hydrogen (secondary N) is 3. The second-order valence-corrected chi connectivity index (χ2v) is 10.4. The van der Waals surface area contributed by atoms with Crippen molar-refractivity contribution in [2.45, 2.75) is 23.1 Å². The summed E-state index contributed by atoms with van der Waals surface area (Å²) in [5.41, 5.74) is 1.96. The van der Waals surface area contributed by atoms with Gasteiger partial charge in [-0.1, -0.05) is 6.07 Å². The van der Waals surface area contributed by atoms with E-state index in [1.165, 1.54) is 18.2 Å². The summed E-state index contributed by atoms with van der Waals surface area (Å²) in [6, 6.07) is 9.30. The first-order chi connectivity index (χ1) is 15.0. The number of anilines is 1. The Morgan fingerprint density at radius 2 is 2.16 bits per heavy atom. The predicted octanol–water partition coefficient (Wildman–Crippen LogP) is 3.03. The van der Waals surface area contributed by atoms with Crippen molar-refractivity contribution < 1.29 is 12.8 Å². The van der Waals surface area contributed by atoms with Gasteiger partial charge in [0.1, 0.15) is 22.9 Å². The number of hydrogen-bond acceptors (Lipinski definition) is 6. The van der Waals surface area contributed by atoms with Crippen LogP contribution in [0.5, 0.6) is 0 Å². The molecular weight excluding hydrogens is 417 g/mol. The molecule has 31 heavy (non-hydrogen) atoms. The molecular formula is C22H22FN5O2S. The van der Waals surface area contributed by atoms with Crippen LogP contribution < -0.4 is 10.6 Å². The maximum Gasteiger partial charge on any atom is 0.194 e. The molecule has 2 aromatic heterocycles. The lowest BCUT2D eigenvalue weighted by molar-refractivity contribution is 0.455. The van der Waals surface area contributed by atoms with E-state index in [1.54, 1.807) is 12.4 Å². The molecule has 0 bridgehead atoms. The monoisotopic (exact) mass is 439 g/mol.